The van der Waals surface area contributed by atoms with Crippen molar-refractivity contribution in [3.8, 4) is 11.1 Å². The van der Waals surface area contributed by atoms with Gasteiger partial charge in [0.1, 0.15) is 5.78 Å². The maximum atomic E-state index is 11.1. The second-order valence-corrected chi connectivity index (χ2v) is 5.40. The van der Waals surface area contributed by atoms with Gasteiger partial charge in [-0.15, -0.1) is 0 Å². The number of aliphatic imine (C=N–C) groups is 1. The van der Waals surface area contributed by atoms with Gasteiger partial charge in [-0.3, -0.25) is 9.79 Å². The van der Waals surface area contributed by atoms with Crippen molar-refractivity contribution in [1.29, 1.82) is 0 Å². The molecule has 2 nitrogen and oxygen atoms in total. The molecule has 0 bridgehead atoms. The lowest BCUT2D eigenvalue weighted by molar-refractivity contribution is -0.115. The van der Waals surface area contributed by atoms with Gasteiger partial charge in [-0.2, -0.15) is 0 Å². The zero-order valence-corrected chi connectivity index (χ0v) is 11.8. The number of rotatable bonds is 3. The predicted molar refractivity (Wildman–Crippen MR) is 82.8 cm³/mol. The summed E-state index contributed by atoms with van der Waals surface area (Å²) in [5, 5.41) is 0. The highest BCUT2D eigenvalue weighted by molar-refractivity contribution is 6.00. The predicted octanol–water partition coefficient (Wildman–Crippen LogP) is 4.33. The summed E-state index contributed by atoms with van der Waals surface area (Å²) in [5.74, 6) is 0.153. The summed E-state index contributed by atoms with van der Waals surface area (Å²) in [7, 11) is 0. The van der Waals surface area contributed by atoms with Crippen LogP contribution in [0.15, 0.2) is 47.5 Å². The van der Waals surface area contributed by atoms with Crippen LogP contribution in [-0.2, 0) is 11.2 Å². The molecule has 0 saturated heterocycles. The number of Topliss-reactive ketones (excluding diaryl/α,β-unsaturated/α-hetero) is 1. The minimum atomic E-state index is 0.153. The van der Waals surface area contributed by atoms with Gasteiger partial charge in [-0.05, 0) is 54.7 Å². The molecule has 1 aliphatic rings. The van der Waals surface area contributed by atoms with Gasteiger partial charge in [-0.1, -0.05) is 30.3 Å². The molecule has 20 heavy (non-hydrogen) atoms. The van der Waals surface area contributed by atoms with E-state index in [9.17, 15) is 4.79 Å². The van der Waals surface area contributed by atoms with Crippen molar-refractivity contribution < 1.29 is 4.79 Å². The van der Waals surface area contributed by atoms with E-state index >= 15 is 0 Å². The van der Waals surface area contributed by atoms with Gasteiger partial charge in [0.05, 0.1) is 5.69 Å². The Labute approximate surface area is 119 Å². The van der Waals surface area contributed by atoms with Crippen LogP contribution in [0.3, 0.4) is 0 Å². The van der Waals surface area contributed by atoms with Crippen molar-refractivity contribution in [3.05, 3.63) is 53.6 Å². The fraction of sp³-hybridized carbons (Fsp3) is 0.222. The van der Waals surface area contributed by atoms with Crippen LogP contribution >= 0.6 is 0 Å². The van der Waals surface area contributed by atoms with Gasteiger partial charge in [0.15, 0.2) is 0 Å². The summed E-state index contributed by atoms with van der Waals surface area (Å²) >= 11 is 0. The van der Waals surface area contributed by atoms with Crippen LogP contribution in [0.4, 0.5) is 5.69 Å². The van der Waals surface area contributed by atoms with Crippen molar-refractivity contribution in [1.82, 2.24) is 0 Å². The van der Waals surface area contributed by atoms with E-state index in [-0.39, 0.29) is 5.78 Å². The molecule has 3 rings (SSSR count). The smallest absolute Gasteiger partial charge is 0.135 e. The van der Waals surface area contributed by atoms with Crippen LogP contribution in [0.1, 0.15) is 31.4 Å². The van der Waals surface area contributed by atoms with Gasteiger partial charge in [-0.25, -0.2) is 0 Å². The van der Waals surface area contributed by atoms with Crippen LogP contribution < -0.4 is 0 Å². The van der Waals surface area contributed by atoms with E-state index in [0.717, 1.165) is 17.8 Å². The molecule has 2 aromatic rings. The molecule has 2 heteroatoms. The zero-order chi connectivity index (χ0) is 14.1. The number of carbonyl (C=O) groups is 1. The average Bonchev–Trinajstić information content (AvgIpc) is 2.75. The van der Waals surface area contributed by atoms with Crippen LogP contribution in [0, 0.1) is 0 Å². The van der Waals surface area contributed by atoms with Crippen LogP contribution in [0.2, 0.25) is 0 Å². The highest BCUT2D eigenvalue weighted by atomic mass is 16.1. The van der Waals surface area contributed by atoms with Crippen molar-refractivity contribution in [2.24, 2.45) is 4.99 Å². The fourth-order valence-electron chi connectivity index (χ4n) is 2.82. The first-order chi connectivity index (χ1) is 9.63. The van der Waals surface area contributed by atoms with Crippen molar-refractivity contribution in [2.75, 3.05) is 0 Å². The summed E-state index contributed by atoms with van der Waals surface area (Å²) < 4.78 is 0. The normalized spacial score (nSPS) is 13.0. The van der Waals surface area contributed by atoms with Crippen LogP contribution in [-0.4, -0.2) is 11.5 Å². The molecule has 0 heterocycles. The molecule has 0 unspecified atom stereocenters. The Morgan fingerprint density at radius 1 is 1.05 bits per heavy atom. The Balaban J connectivity index is 1.93. The second-order valence-electron chi connectivity index (χ2n) is 5.40. The summed E-state index contributed by atoms with van der Waals surface area (Å²) in [4.78, 5) is 15.6. The molecular weight excluding hydrogens is 246 g/mol. The minimum absolute atomic E-state index is 0.153. The van der Waals surface area contributed by atoms with Gasteiger partial charge in [0, 0.05) is 12.1 Å². The molecule has 0 saturated carbocycles. The quantitative estimate of drug-likeness (QED) is 0.647. The van der Waals surface area contributed by atoms with E-state index in [1.165, 1.54) is 22.3 Å². The Bertz CT molecular complexity index is 713. The molecule has 0 aromatic heterocycles. The number of nitrogens with zero attached hydrogens (tertiary/aromatic N) is 1. The Kier molecular flexibility index (Phi) is 3.23. The molecule has 0 spiro atoms. The maximum absolute atomic E-state index is 11.1. The van der Waals surface area contributed by atoms with Gasteiger partial charge in [0.2, 0.25) is 0 Å². The van der Waals surface area contributed by atoms with E-state index < -0.39 is 0 Å². The summed E-state index contributed by atoms with van der Waals surface area (Å²) in [6, 6.07) is 14.8. The Morgan fingerprint density at radius 3 is 2.60 bits per heavy atom. The van der Waals surface area contributed by atoms with Gasteiger partial charge in [0.25, 0.3) is 0 Å². The molecule has 100 valence electrons. The number of fused-ring (bicyclic) bond motifs is 3. The third-order valence-corrected chi connectivity index (χ3v) is 3.60. The first-order valence-corrected chi connectivity index (χ1v) is 6.88. The largest absolute Gasteiger partial charge is 0.300 e. The molecule has 0 atom stereocenters. The molecular formula is C18H17NO. The summed E-state index contributed by atoms with van der Waals surface area (Å²) in [6.45, 7) is 3.50. The first kappa shape index (κ1) is 12.8. The standard InChI is InChI=1S/C18H17NO/c1-12(9-13(2)20)19-16-7-8-18-15(11-16)10-14-5-3-4-6-17(14)18/h3-8,11H,9-10H2,1-2H3/b19-12+. The van der Waals surface area contributed by atoms with E-state index in [1.54, 1.807) is 6.92 Å². The Hall–Kier alpha value is -2.22. The van der Waals surface area contributed by atoms with Crippen molar-refractivity contribution in [2.45, 2.75) is 26.7 Å². The van der Waals surface area contributed by atoms with Crippen molar-refractivity contribution >= 4 is 17.2 Å². The molecule has 1 aliphatic carbocycles. The van der Waals surface area contributed by atoms with E-state index in [0.29, 0.717) is 6.42 Å². The van der Waals surface area contributed by atoms with E-state index in [2.05, 4.69) is 41.4 Å². The molecule has 2 aromatic carbocycles. The number of carbonyl (C=O) groups excluding carboxylic acids is 1. The Morgan fingerprint density at radius 2 is 1.80 bits per heavy atom. The summed E-state index contributed by atoms with van der Waals surface area (Å²) in [5.41, 5.74) is 7.15. The zero-order valence-electron chi connectivity index (χ0n) is 11.8. The number of ketones is 1. The third kappa shape index (κ3) is 2.42. The molecule has 0 fully saturated rings. The van der Waals surface area contributed by atoms with E-state index in [1.807, 2.05) is 13.0 Å². The first-order valence-electron chi connectivity index (χ1n) is 6.88. The average molecular weight is 263 g/mol. The fourth-order valence-corrected chi connectivity index (χ4v) is 2.82. The lowest BCUT2D eigenvalue weighted by atomic mass is 10.1. The van der Waals surface area contributed by atoms with Crippen molar-refractivity contribution in [3.63, 3.8) is 0 Å². The molecule has 0 amide bonds. The molecule has 0 N–H and O–H groups in total. The molecule has 0 radical (unpaired) electrons. The highest BCUT2D eigenvalue weighted by Gasteiger charge is 2.17. The second kappa shape index (κ2) is 5.04. The number of hydrogen-bond donors (Lipinski definition) is 0. The highest BCUT2D eigenvalue weighted by Crippen LogP contribution is 2.38. The minimum Gasteiger partial charge on any atom is -0.300 e. The van der Waals surface area contributed by atoms with E-state index in [4.69, 9.17) is 0 Å². The SMILES string of the molecule is CC(=O)C/C(C)=N/c1ccc2c(c1)Cc1ccccc1-2. The topological polar surface area (TPSA) is 29.4 Å². The van der Waals surface area contributed by atoms with Gasteiger partial charge >= 0.3 is 0 Å². The third-order valence-electron chi connectivity index (χ3n) is 3.60. The monoisotopic (exact) mass is 263 g/mol. The molecule has 0 aliphatic heterocycles. The number of benzene rings is 2. The lowest BCUT2D eigenvalue weighted by Crippen LogP contribution is -1.99. The van der Waals surface area contributed by atoms with Gasteiger partial charge < -0.3 is 0 Å². The lowest BCUT2D eigenvalue weighted by Gasteiger charge is -2.03. The number of hydrogen-bond acceptors (Lipinski definition) is 2. The van der Waals surface area contributed by atoms with Crippen LogP contribution in [0.5, 0.6) is 0 Å². The maximum Gasteiger partial charge on any atom is 0.135 e. The summed E-state index contributed by atoms with van der Waals surface area (Å²) in [6.07, 6.45) is 1.40. The van der Waals surface area contributed by atoms with Crippen LogP contribution in [0.25, 0.3) is 11.1 Å².